The summed E-state index contributed by atoms with van der Waals surface area (Å²) in [5.74, 6) is 0. The van der Waals surface area contributed by atoms with Crippen molar-refractivity contribution >= 4 is 59.3 Å². The zero-order valence-electron chi connectivity index (χ0n) is 41.1. The third kappa shape index (κ3) is 7.11. The van der Waals surface area contributed by atoms with E-state index in [9.17, 15) is 0 Å². The molecule has 10 aromatic carbocycles. The summed E-state index contributed by atoms with van der Waals surface area (Å²) in [7, 11) is 0. The summed E-state index contributed by atoms with van der Waals surface area (Å²) >= 11 is 1.89. The molecule has 0 N–H and O–H groups in total. The van der Waals surface area contributed by atoms with Crippen LogP contribution < -0.4 is 4.90 Å². The standard InChI is InChI=1S/C68H57NS/c1-66(2,3)47-40-45(41-48(42-47)67(4,5)6)50-30-19-22-44-23-20-31-56(64(44)50)53-27-12-16-35-61(53)69(62-36-17-13-28-54(62)57-32-21-33-58-55-29-14-18-37-63(55)70-65(57)58)49-38-39-52-51-26-11-15-34-59(51)68(7,60(52)43-49)46-24-9-8-10-25-46/h8-43H,1-7H3. The smallest absolute Gasteiger partial charge is 0.0540 e. The average molecular weight is 920 g/mol. The van der Waals surface area contributed by atoms with Gasteiger partial charge in [0.1, 0.15) is 0 Å². The molecule has 1 heterocycles. The van der Waals surface area contributed by atoms with Gasteiger partial charge in [-0.2, -0.15) is 0 Å². The highest BCUT2D eigenvalue weighted by Gasteiger charge is 2.41. The molecule has 1 aliphatic rings. The Kier molecular flexibility index (Phi) is 10.4. The lowest BCUT2D eigenvalue weighted by Crippen LogP contribution is -2.23. The van der Waals surface area contributed by atoms with Gasteiger partial charge in [0, 0.05) is 48.0 Å². The number of anilines is 3. The van der Waals surface area contributed by atoms with Gasteiger partial charge in [-0.3, -0.25) is 0 Å². The number of fused-ring (bicyclic) bond motifs is 7. The topological polar surface area (TPSA) is 3.24 Å². The Labute approximate surface area is 417 Å². The van der Waals surface area contributed by atoms with Crippen LogP contribution in [0.15, 0.2) is 218 Å². The average Bonchev–Trinajstić information content (AvgIpc) is 3.89. The SMILES string of the molecule is CC(C)(C)c1cc(-c2cccc3cccc(-c4ccccc4N(c4ccc5c(c4)C(C)(c4ccccc4)c4ccccc4-5)c4ccccc4-c4cccc5c4sc4ccccc45)c23)cc(C(C)(C)C)c1. The van der Waals surface area contributed by atoms with Crippen molar-refractivity contribution < 1.29 is 0 Å². The molecular formula is C68H57NS. The fourth-order valence-corrected chi connectivity index (χ4v) is 12.5. The van der Waals surface area contributed by atoms with Crippen LogP contribution in [0.4, 0.5) is 17.1 Å². The second kappa shape index (κ2) is 16.6. The van der Waals surface area contributed by atoms with Crippen molar-refractivity contribution in [2.24, 2.45) is 0 Å². The number of hydrogen-bond donors (Lipinski definition) is 0. The van der Waals surface area contributed by atoms with Gasteiger partial charge in [0.25, 0.3) is 0 Å². The van der Waals surface area contributed by atoms with E-state index in [1.54, 1.807) is 0 Å². The number of rotatable bonds is 7. The van der Waals surface area contributed by atoms with Gasteiger partial charge in [-0.15, -0.1) is 11.3 Å². The number of nitrogens with zero attached hydrogens (tertiary/aromatic N) is 1. The second-order valence-electron chi connectivity index (χ2n) is 21.4. The van der Waals surface area contributed by atoms with E-state index < -0.39 is 0 Å². The predicted molar refractivity (Wildman–Crippen MR) is 303 cm³/mol. The zero-order chi connectivity index (χ0) is 47.9. The highest BCUT2D eigenvalue weighted by atomic mass is 32.1. The number of benzene rings is 10. The van der Waals surface area contributed by atoms with Gasteiger partial charge >= 0.3 is 0 Å². The molecule has 12 rings (SSSR count). The number of hydrogen-bond acceptors (Lipinski definition) is 2. The Balaban J connectivity index is 1.14. The normalized spacial score (nSPS) is 14.6. The maximum Gasteiger partial charge on any atom is 0.0540 e. The largest absolute Gasteiger partial charge is 0.309 e. The van der Waals surface area contributed by atoms with E-state index in [0.717, 1.165) is 17.1 Å². The molecule has 0 radical (unpaired) electrons. The summed E-state index contributed by atoms with van der Waals surface area (Å²) in [4.78, 5) is 2.56. The highest BCUT2D eigenvalue weighted by Crippen LogP contribution is 2.55. The molecule has 0 spiro atoms. The van der Waals surface area contributed by atoms with Gasteiger partial charge in [0.2, 0.25) is 0 Å². The van der Waals surface area contributed by atoms with Crippen molar-refractivity contribution in [3.05, 3.63) is 246 Å². The van der Waals surface area contributed by atoms with E-state index >= 15 is 0 Å². The van der Waals surface area contributed by atoms with Crippen molar-refractivity contribution in [1.29, 1.82) is 0 Å². The van der Waals surface area contributed by atoms with Crippen LogP contribution in [-0.4, -0.2) is 0 Å². The molecule has 1 unspecified atom stereocenters. The maximum atomic E-state index is 2.56. The first-order chi connectivity index (χ1) is 33.9. The van der Waals surface area contributed by atoms with E-state index in [-0.39, 0.29) is 16.2 Å². The molecule has 1 nitrogen and oxygen atoms in total. The third-order valence-corrected chi connectivity index (χ3v) is 16.3. The Morgan fingerprint density at radius 3 is 1.63 bits per heavy atom. The minimum absolute atomic E-state index is 0.0160. The molecular weight excluding hydrogens is 863 g/mol. The second-order valence-corrected chi connectivity index (χ2v) is 22.5. The molecule has 11 aromatic rings. The van der Waals surface area contributed by atoms with Crippen LogP contribution in [0.5, 0.6) is 0 Å². The maximum absolute atomic E-state index is 2.56. The Morgan fingerprint density at radius 2 is 0.929 bits per heavy atom. The van der Waals surface area contributed by atoms with Gasteiger partial charge < -0.3 is 4.90 Å². The molecule has 0 aliphatic heterocycles. The lowest BCUT2D eigenvalue weighted by Gasteiger charge is -2.33. The molecule has 70 heavy (non-hydrogen) atoms. The van der Waals surface area contributed by atoms with Crippen molar-refractivity contribution in [3.63, 3.8) is 0 Å². The van der Waals surface area contributed by atoms with Crippen LogP contribution in [0.25, 0.3) is 75.5 Å². The zero-order valence-corrected chi connectivity index (χ0v) is 42.0. The van der Waals surface area contributed by atoms with Crippen LogP contribution in [-0.2, 0) is 16.2 Å². The van der Waals surface area contributed by atoms with E-state index in [1.165, 1.54) is 103 Å². The van der Waals surface area contributed by atoms with Gasteiger partial charge in [-0.25, -0.2) is 0 Å². The first kappa shape index (κ1) is 43.7. The summed E-state index contributed by atoms with van der Waals surface area (Å²) < 4.78 is 2.61. The molecule has 1 aliphatic carbocycles. The molecule has 1 aromatic heterocycles. The van der Waals surface area contributed by atoms with Crippen molar-refractivity contribution in [2.75, 3.05) is 4.90 Å². The van der Waals surface area contributed by atoms with E-state index in [0.29, 0.717) is 0 Å². The lowest BCUT2D eigenvalue weighted by molar-refractivity contribution is 0.569. The summed E-state index contributed by atoms with van der Waals surface area (Å²) in [5.41, 5.74) is 19.5. The Hall–Kier alpha value is -7.52. The molecule has 0 saturated heterocycles. The van der Waals surface area contributed by atoms with Crippen molar-refractivity contribution in [1.82, 2.24) is 0 Å². The van der Waals surface area contributed by atoms with Crippen LogP contribution in [0.1, 0.15) is 76.3 Å². The minimum atomic E-state index is -0.366. The van der Waals surface area contributed by atoms with Crippen LogP contribution in [0, 0.1) is 0 Å². The van der Waals surface area contributed by atoms with Crippen LogP contribution in [0.2, 0.25) is 0 Å². The summed E-state index contributed by atoms with van der Waals surface area (Å²) in [6.07, 6.45) is 0. The first-order valence-electron chi connectivity index (χ1n) is 24.8. The molecule has 0 fully saturated rings. The molecule has 1 atom stereocenters. The molecule has 340 valence electrons. The van der Waals surface area contributed by atoms with Gasteiger partial charge in [-0.1, -0.05) is 230 Å². The van der Waals surface area contributed by atoms with Gasteiger partial charge in [0.15, 0.2) is 0 Å². The van der Waals surface area contributed by atoms with Crippen molar-refractivity contribution in [3.8, 4) is 44.5 Å². The first-order valence-corrected chi connectivity index (χ1v) is 25.6. The molecule has 0 amide bonds. The number of para-hydroxylation sites is 2. The fraction of sp³-hybridized carbons (Fsp3) is 0.147. The Bertz CT molecular complexity index is 3780. The highest BCUT2D eigenvalue weighted by molar-refractivity contribution is 7.26. The van der Waals surface area contributed by atoms with E-state index in [2.05, 4.69) is 272 Å². The van der Waals surface area contributed by atoms with Gasteiger partial charge in [-0.05, 0) is 114 Å². The predicted octanol–water partition coefficient (Wildman–Crippen LogP) is 19.6. The van der Waals surface area contributed by atoms with Crippen LogP contribution >= 0.6 is 11.3 Å². The summed E-state index contributed by atoms with van der Waals surface area (Å²) in [6, 6.07) is 82.2. The monoisotopic (exact) mass is 919 g/mol. The third-order valence-electron chi connectivity index (χ3n) is 15.1. The fourth-order valence-electron chi connectivity index (χ4n) is 11.3. The summed E-state index contributed by atoms with van der Waals surface area (Å²) in [5, 5.41) is 5.08. The summed E-state index contributed by atoms with van der Waals surface area (Å²) in [6.45, 7) is 16.4. The van der Waals surface area contributed by atoms with Crippen LogP contribution in [0.3, 0.4) is 0 Å². The lowest BCUT2D eigenvalue weighted by atomic mass is 9.74. The van der Waals surface area contributed by atoms with Crippen molar-refractivity contribution in [2.45, 2.75) is 64.7 Å². The quantitative estimate of drug-likeness (QED) is 0.154. The minimum Gasteiger partial charge on any atom is -0.309 e. The van der Waals surface area contributed by atoms with E-state index in [4.69, 9.17) is 0 Å². The molecule has 0 saturated carbocycles. The Morgan fingerprint density at radius 1 is 0.400 bits per heavy atom. The molecule has 0 bridgehead atoms. The van der Waals surface area contributed by atoms with Gasteiger partial charge in [0.05, 0.1) is 11.4 Å². The molecule has 2 heteroatoms. The number of thiophene rings is 1. The van der Waals surface area contributed by atoms with E-state index in [1.807, 2.05) is 11.3 Å².